The van der Waals surface area contributed by atoms with E-state index in [4.69, 9.17) is 5.73 Å². The number of carbonyl (C=O) groups excluding carboxylic acids is 1. The van der Waals surface area contributed by atoms with Crippen LogP contribution in [0.5, 0.6) is 0 Å². The fraction of sp³-hybridized carbons (Fsp3) is 0.421. The highest BCUT2D eigenvalue weighted by Gasteiger charge is 2.19. The second-order valence-electron chi connectivity index (χ2n) is 6.83. The minimum Gasteiger partial charge on any atom is -0.393 e. The number of nitrogens with two attached hydrogens (primary N) is 1. The quantitative estimate of drug-likeness (QED) is 0.803. The number of amides is 1. The predicted octanol–water partition coefficient (Wildman–Crippen LogP) is 1.02. The minimum absolute atomic E-state index is 0.207. The van der Waals surface area contributed by atoms with Crippen molar-refractivity contribution >= 4 is 11.9 Å². The van der Waals surface area contributed by atoms with Crippen molar-refractivity contribution < 1.29 is 9.90 Å². The van der Waals surface area contributed by atoms with E-state index >= 15 is 0 Å². The topological polar surface area (TPSA) is 95.6 Å². The predicted molar refractivity (Wildman–Crippen MR) is 100 cm³/mol. The maximum absolute atomic E-state index is 11.0. The number of likely N-dealkylation sites (N-methyl/N-ethyl adjacent to an activating group) is 1. The highest BCUT2D eigenvalue weighted by atomic mass is 16.3. The highest BCUT2D eigenvalue weighted by Crippen LogP contribution is 2.22. The number of primary amides is 1. The lowest BCUT2D eigenvalue weighted by molar-refractivity contribution is -0.118. The first kappa shape index (κ1) is 18.3. The number of benzene rings is 1. The largest absolute Gasteiger partial charge is 0.393 e. The van der Waals surface area contributed by atoms with Crippen LogP contribution in [0.1, 0.15) is 18.4 Å². The average molecular weight is 355 g/mol. The number of aliphatic hydroxyl groups is 1. The Bertz CT molecular complexity index is 742. The van der Waals surface area contributed by atoms with Gasteiger partial charge in [0.15, 0.2) is 0 Å². The Kier molecular flexibility index (Phi) is 5.80. The van der Waals surface area contributed by atoms with Gasteiger partial charge < -0.3 is 15.7 Å². The van der Waals surface area contributed by atoms with Crippen LogP contribution in [0.3, 0.4) is 0 Å². The maximum Gasteiger partial charge on any atom is 0.231 e. The van der Waals surface area contributed by atoms with E-state index in [1.165, 1.54) is 0 Å². The molecule has 1 aliphatic heterocycles. The monoisotopic (exact) mass is 355 g/mol. The van der Waals surface area contributed by atoms with Crippen molar-refractivity contribution in [2.24, 2.45) is 5.73 Å². The average Bonchev–Trinajstić information content (AvgIpc) is 2.62. The smallest absolute Gasteiger partial charge is 0.231 e. The van der Waals surface area contributed by atoms with E-state index in [-0.39, 0.29) is 18.6 Å². The van der Waals surface area contributed by atoms with Gasteiger partial charge in [0, 0.05) is 37.6 Å². The van der Waals surface area contributed by atoms with Crippen LogP contribution in [0, 0.1) is 0 Å². The van der Waals surface area contributed by atoms with Crippen molar-refractivity contribution in [2.45, 2.75) is 25.5 Å². The summed E-state index contributed by atoms with van der Waals surface area (Å²) in [4.78, 5) is 24.0. The Labute approximate surface area is 153 Å². The van der Waals surface area contributed by atoms with Gasteiger partial charge in [-0.1, -0.05) is 18.2 Å². The first-order valence-corrected chi connectivity index (χ1v) is 8.82. The molecule has 0 atom stereocenters. The van der Waals surface area contributed by atoms with E-state index < -0.39 is 0 Å². The Morgan fingerprint density at radius 2 is 1.96 bits per heavy atom. The molecule has 0 unspecified atom stereocenters. The zero-order valence-corrected chi connectivity index (χ0v) is 15.0. The van der Waals surface area contributed by atoms with Gasteiger partial charge in [0.1, 0.15) is 0 Å². The molecule has 2 heterocycles. The first-order chi connectivity index (χ1) is 12.5. The van der Waals surface area contributed by atoms with Crippen molar-refractivity contribution in [3.8, 4) is 11.1 Å². The molecule has 0 spiro atoms. The SMILES string of the molecule is CN(CC(N)=O)Cc1cccc(-c2cnc(N3CCC(O)CC3)nc2)c1. The molecule has 0 aliphatic carbocycles. The third kappa shape index (κ3) is 4.77. The van der Waals surface area contributed by atoms with Crippen molar-refractivity contribution in [1.29, 1.82) is 0 Å². The molecule has 138 valence electrons. The van der Waals surface area contributed by atoms with Gasteiger partial charge in [-0.2, -0.15) is 0 Å². The normalized spacial score (nSPS) is 15.4. The molecule has 2 aromatic rings. The summed E-state index contributed by atoms with van der Waals surface area (Å²) in [7, 11) is 1.87. The number of carbonyl (C=O) groups is 1. The maximum atomic E-state index is 11.0. The van der Waals surface area contributed by atoms with Crippen molar-refractivity contribution in [3.05, 3.63) is 42.2 Å². The van der Waals surface area contributed by atoms with Gasteiger partial charge in [0.2, 0.25) is 11.9 Å². The summed E-state index contributed by atoms with van der Waals surface area (Å²) in [6, 6.07) is 8.11. The summed E-state index contributed by atoms with van der Waals surface area (Å²) in [6.45, 7) is 2.43. The molecular weight excluding hydrogens is 330 g/mol. The molecule has 1 aliphatic rings. The second kappa shape index (κ2) is 8.25. The number of aromatic nitrogens is 2. The molecule has 0 saturated carbocycles. The third-order valence-corrected chi connectivity index (χ3v) is 4.52. The van der Waals surface area contributed by atoms with Crippen LogP contribution in [-0.2, 0) is 11.3 Å². The van der Waals surface area contributed by atoms with Gasteiger partial charge in [-0.3, -0.25) is 9.69 Å². The number of rotatable bonds is 6. The van der Waals surface area contributed by atoms with Crippen LogP contribution in [0.2, 0.25) is 0 Å². The van der Waals surface area contributed by atoms with E-state index in [1.807, 2.05) is 42.5 Å². The summed E-state index contributed by atoms with van der Waals surface area (Å²) in [5, 5.41) is 9.61. The van der Waals surface area contributed by atoms with E-state index in [0.29, 0.717) is 12.5 Å². The van der Waals surface area contributed by atoms with E-state index in [0.717, 1.165) is 42.6 Å². The number of anilines is 1. The van der Waals surface area contributed by atoms with Crippen molar-refractivity contribution in [1.82, 2.24) is 14.9 Å². The number of nitrogens with zero attached hydrogens (tertiary/aromatic N) is 4. The van der Waals surface area contributed by atoms with Crippen LogP contribution in [0.25, 0.3) is 11.1 Å². The Hall–Kier alpha value is -2.51. The van der Waals surface area contributed by atoms with Crippen LogP contribution >= 0.6 is 0 Å². The number of piperidine rings is 1. The molecular formula is C19H25N5O2. The summed E-state index contributed by atoms with van der Waals surface area (Å²) in [5.74, 6) is 0.371. The van der Waals surface area contributed by atoms with Gasteiger partial charge in [0.05, 0.1) is 12.6 Å². The number of hydrogen-bond acceptors (Lipinski definition) is 6. The summed E-state index contributed by atoms with van der Waals surface area (Å²) >= 11 is 0. The molecule has 3 N–H and O–H groups in total. The van der Waals surface area contributed by atoms with Crippen molar-refractivity contribution in [2.75, 3.05) is 31.6 Å². The molecule has 1 amide bonds. The van der Waals surface area contributed by atoms with E-state index in [2.05, 4.69) is 20.9 Å². The van der Waals surface area contributed by atoms with E-state index in [9.17, 15) is 9.90 Å². The van der Waals surface area contributed by atoms with Gasteiger partial charge in [0.25, 0.3) is 0 Å². The van der Waals surface area contributed by atoms with E-state index in [1.54, 1.807) is 0 Å². The molecule has 0 radical (unpaired) electrons. The number of hydrogen-bond donors (Lipinski definition) is 2. The second-order valence-corrected chi connectivity index (χ2v) is 6.83. The molecule has 1 saturated heterocycles. The van der Waals surface area contributed by atoms with Gasteiger partial charge in [-0.25, -0.2) is 9.97 Å². The highest BCUT2D eigenvalue weighted by molar-refractivity contribution is 5.75. The van der Waals surface area contributed by atoms with Crippen molar-refractivity contribution in [3.63, 3.8) is 0 Å². The molecule has 1 fully saturated rings. The fourth-order valence-corrected chi connectivity index (χ4v) is 3.18. The van der Waals surface area contributed by atoms with Crippen LogP contribution < -0.4 is 10.6 Å². The zero-order valence-electron chi connectivity index (χ0n) is 15.0. The molecule has 26 heavy (non-hydrogen) atoms. The van der Waals surface area contributed by atoms with Gasteiger partial charge in [-0.15, -0.1) is 0 Å². The molecule has 7 heteroatoms. The number of aliphatic hydroxyl groups excluding tert-OH is 1. The van der Waals surface area contributed by atoms with Gasteiger partial charge in [-0.05, 0) is 37.1 Å². The van der Waals surface area contributed by atoms with Crippen LogP contribution in [0.4, 0.5) is 5.95 Å². The lowest BCUT2D eigenvalue weighted by Gasteiger charge is -2.29. The van der Waals surface area contributed by atoms with Gasteiger partial charge >= 0.3 is 0 Å². The zero-order chi connectivity index (χ0) is 18.5. The lowest BCUT2D eigenvalue weighted by atomic mass is 10.1. The molecule has 1 aromatic carbocycles. The molecule has 0 bridgehead atoms. The summed E-state index contributed by atoms with van der Waals surface area (Å²) < 4.78 is 0. The standard InChI is InChI=1S/C19H25N5O2/c1-23(13-18(20)26)12-14-3-2-4-15(9-14)16-10-21-19(22-11-16)24-7-5-17(25)6-8-24/h2-4,9-11,17,25H,5-8,12-13H2,1H3,(H2,20,26). The Morgan fingerprint density at radius 1 is 1.27 bits per heavy atom. The first-order valence-electron chi connectivity index (χ1n) is 8.82. The molecule has 3 rings (SSSR count). The minimum atomic E-state index is -0.335. The molecule has 1 aromatic heterocycles. The summed E-state index contributed by atoms with van der Waals surface area (Å²) in [6.07, 6.45) is 4.97. The summed E-state index contributed by atoms with van der Waals surface area (Å²) in [5.41, 5.74) is 8.32. The lowest BCUT2D eigenvalue weighted by Crippen LogP contribution is -2.36. The van der Waals surface area contributed by atoms with Crippen LogP contribution in [-0.4, -0.2) is 58.7 Å². The Balaban J connectivity index is 1.69. The fourth-order valence-electron chi connectivity index (χ4n) is 3.18. The third-order valence-electron chi connectivity index (χ3n) is 4.52. The molecule has 7 nitrogen and oxygen atoms in total. The van der Waals surface area contributed by atoms with Crippen LogP contribution in [0.15, 0.2) is 36.7 Å². The Morgan fingerprint density at radius 3 is 2.62 bits per heavy atom.